The summed E-state index contributed by atoms with van der Waals surface area (Å²) < 4.78 is 2.33. The van der Waals surface area contributed by atoms with E-state index in [1.165, 1.54) is 16.7 Å². The van der Waals surface area contributed by atoms with Gasteiger partial charge in [0.15, 0.2) is 0 Å². The molecule has 150 valence electrons. The molecule has 0 aliphatic rings. The van der Waals surface area contributed by atoms with E-state index in [9.17, 15) is 0 Å². The summed E-state index contributed by atoms with van der Waals surface area (Å²) in [5, 5.41) is 0. The van der Waals surface area contributed by atoms with Gasteiger partial charge in [-0.1, -0.05) is 121 Å². The van der Waals surface area contributed by atoms with Gasteiger partial charge < -0.3 is 4.57 Å². The molecule has 1 heterocycles. The summed E-state index contributed by atoms with van der Waals surface area (Å²) in [4.78, 5) is 4.89. The largest absolute Gasteiger partial charge is 0.316 e. The minimum absolute atomic E-state index is 0.534. The second kappa shape index (κ2) is 8.08. The summed E-state index contributed by atoms with van der Waals surface area (Å²) in [5.41, 5.74) is 6.33. The van der Waals surface area contributed by atoms with E-state index in [2.05, 4.69) is 127 Å². The summed E-state index contributed by atoms with van der Waals surface area (Å²) in [7, 11) is 0. The van der Waals surface area contributed by atoms with Gasteiger partial charge in [0.2, 0.25) is 0 Å². The van der Waals surface area contributed by atoms with Crippen molar-refractivity contribution in [3.05, 3.63) is 150 Å². The van der Waals surface area contributed by atoms with Crippen molar-refractivity contribution in [2.45, 2.75) is 12.5 Å². The maximum atomic E-state index is 4.89. The highest BCUT2D eigenvalue weighted by Gasteiger charge is 2.39. The second-order valence-corrected chi connectivity index (χ2v) is 7.72. The van der Waals surface area contributed by atoms with E-state index in [4.69, 9.17) is 4.98 Å². The maximum Gasteiger partial charge on any atom is 0.121 e. The molecule has 5 rings (SSSR count). The minimum atomic E-state index is -0.534. The summed E-state index contributed by atoms with van der Waals surface area (Å²) in [6, 6.07) is 42.5. The average Bonchev–Trinajstić information content (AvgIpc) is 3.24. The molecule has 5 aromatic rings. The van der Waals surface area contributed by atoms with E-state index in [1.807, 2.05) is 12.4 Å². The molecule has 0 N–H and O–H groups in total. The fraction of sp³-hybridized carbons (Fsp3) is 0.0690. The molecule has 1 aromatic heterocycles. The molecule has 4 aromatic carbocycles. The Morgan fingerprint density at radius 3 is 1.35 bits per heavy atom. The molecule has 0 radical (unpaired) electrons. The Labute approximate surface area is 183 Å². The number of nitrogens with zero attached hydrogens (tertiary/aromatic N) is 2. The number of hydrogen-bond donors (Lipinski definition) is 0. The van der Waals surface area contributed by atoms with E-state index in [1.54, 1.807) is 0 Å². The van der Waals surface area contributed by atoms with Crippen LogP contribution >= 0.6 is 0 Å². The number of hydrogen-bond acceptors (Lipinski definition) is 1. The van der Waals surface area contributed by atoms with Crippen molar-refractivity contribution in [3.8, 4) is 11.3 Å². The van der Waals surface area contributed by atoms with Crippen LogP contribution in [0.2, 0.25) is 0 Å². The molecule has 0 bridgehead atoms. The highest BCUT2D eigenvalue weighted by molar-refractivity contribution is 5.63. The Morgan fingerprint density at radius 1 is 0.548 bits per heavy atom. The molecule has 0 spiro atoms. The summed E-state index contributed by atoms with van der Waals surface area (Å²) in [6.07, 6.45) is 1.99. The van der Waals surface area contributed by atoms with Crippen molar-refractivity contribution in [1.82, 2.24) is 9.55 Å². The SMILES string of the molecule is Cc1c(-c2ccccc2)ncn1C(c1ccccc1)(c1ccccc1)c1ccccc1. The van der Waals surface area contributed by atoms with Gasteiger partial charge in [-0.2, -0.15) is 0 Å². The van der Waals surface area contributed by atoms with Crippen LogP contribution in [-0.4, -0.2) is 9.55 Å². The van der Waals surface area contributed by atoms with Gasteiger partial charge in [0, 0.05) is 11.3 Å². The smallest absolute Gasteiger partial charge is 0.121 e. The van der Waals surface area contributed by atoms with Crippen LogP contribution < -0.4 is 0 Å². The van der Waals surface area contributed by atoms with Crippen molar-refractivity contribution >= 4 is 0 Å². The average molecular weight is 401 g/mol. The highest BCUT2D eigenvalue weighted by Crippen LogP contribution is 2.42. The predicted octanol–water partition coefficient (Wildman–Crippen LogP) is 6.70. The van der Waals surface area contributed by atoms with E-state index in [-0.39, 0.29) is 0 Å². The Bertz CT molecular complexity index is 1160. The van der Waals surface area contributed by atoms with Crippen molar-refractivity contribution in [2.24, 2.45) is 0 Å². The van der Waals surface area contributed by atoms with Gasteiger partial charge in [0.25, 0.3) is 0 Å². The normalized spacial score (nSPS) is 11.4. The van der Waals surface area contributed by atoms with Gasteiger partial charge in [0.05, 0.1) is 12.0 Å². The third-order valence-electron chi connectivity index (χ3n) is 5.99. The van der Waals surface area contributed by atoms with Gasteiger partial charge in [-0.25, -0.2) is 4.98 Å². The molecule has 0 unspecified atom stereocenters. The predicted molar refractivity (Wildman–Crippen MR) is 127 cm³/mol. The van der Waals surface area contributed by atoms with Gasteiger partial charge in [-0.15, -0.1) is 0 Å². The molecular formula is C29H24N2. The maximum absolute atomic E-state index is 4.89. The number of imidazole rings is 1. The standard InChI is InChI=1S/C29H24N2/c1-23-28(24-14-6-2-7-15-24)30-22-31(23)29(25-16-8-3-9-17-25,26-18-10-4-11-19-26)27-20-12-5-13-21-27/h2-22H,1H3. The topological polar surface area (TPSA) is 17.8 Å². The number of rotatable bonds is 5. The fourth-order valence-electron chi connectivity index (χ4n) is 4.58. The third-order valence-corrected chi connectivity index (χ3v) is 5.99. The lowest BCUT2D eigenvalue weighted by Crippen LogP contribution is -2.38. The monoisotopic (exact) mass is 400 g/mol. The van der Waals surface area contributed by atoms with Gasteiger partial charge in [-0.3, -0.25) is 0 Å². The van der Waals surface area contributed by atoms with E-state index in [0.717, 1.165) is 17.0 Å². The molecule has 0 amide bonds. The lowest BCUT2D eigenvalue weighted by atomic mass is 9.76. The van der Waals surface area contributed by atoms with E-state index in [0.29, 0.717) is 0 Å². The van der Waals surface area contributed by atoms with E-state index >= 15 is 0 Å². The zero-order valence-electron chi connectivity index (χ0n) is 17.5. The number of aromatic nitrogens is 2. The fourth-order valence-corrected chi connectivity index (χ4v) is 4.58. The van der Waals surface area contributed by atoms with Crippen LogP contribution in [0.25, 0.3) is 11.3 Å². The van der Waals surface area contributed by atoms with E-state index < -0.39 is 5.54 Å². The first-order valence-corrected chi connectivity index (χ1v) is 10.6. The molecule has 0 aliphatic heterocycles. The van der Waals surface area contributed by atoms with Crippen LogP contribution in [0.3, 0.4) is 0 Å². The quantitative estimate of drug-likeness (QED) is 0.300. The summed E-state index contributed by atoms with van der Waals surface area (Å²) in [6.45, 7) is 2.17. The van der Waals surface area contributed by atoms with Crippen LogP contribution in [0, 0.1) is 6.92 Å². The molecule has 0 fully saturated rings. The first kappa shape index (κ1) is 19.1. The van der Waals surface area contributed by atoms with Crippen LogP contribution in [-0.2, 0) is 5.54 Å². The summed E-state index contributed by atoms with van der Waals surface area (Å²) in [5.74, 6) is 0. The molecule has 0 aliphatic carbocycles. The first-order valence-electron chi connectivity index (χ1n) is 10.6. The van der Waals surface area contributed by atoms with Crippen molar-refractivity contribution < 1.29 is 0 Å². The highest BCUT2D eigenvalue weighted by atomic mass is 15.1. The Balaban J connectivity index is 1.87. The van der Waals surface area contributed by atoms with Crippen molar-refractivity contribution in [1.29, 1.82) is 0 Å². The lowest BCUT2D eigenvalue weighted by Gasteiger charge is -2.38. The summed E-state index contributed by atoms with van der Waals surface area (Å²) >= 11 is 0. The van der Waals surface area contributed by atoms with Gasteiger partial charge in [0.1, 0.15) is 5.54 Å². The molecule has 2 nitrogen and oxygen atoms in total. The Morgan fingerprint density at radius 2 is 0.935 bits per heavy atom. The molecular weight excluding hydrogens is 376 g/mol. The van der Waals surface area contributed by atoms with Crippen LogP contribution in [0.4, 0.5) is 0 Å². The lowest BCUT2D eigenvalue weighted by molar-refractivity contribution is 0.504. The molecule has 0 saturated carbocycles. The van der Waals surface area contributed by atoms with Crippen LogP contribution in [0.15, 0.2) is 128 Å². The third kappa shape index (κ3) is 3.17. The Kier molecular flexibility index (Phi) is 4.97. The second-order valence-electron chi connectivity index (χ2n) is 7.72. The van der Waals surface area contributed by atoms with Crippen molar-refractivity contribution in [2.75, 3.05) is 0 Å². The molecule has 0 saturated heterocycles. The molecule has 31 heavy (non-hydrogen) atoms. The Hall–Kier alpha value is -3.91. The van der Waals surface area contributed by atoms with Gasteiger partial charge >= 0.3 is 0 Å². The zero-order chi connectivity index (χ0) is 21.1. The van der Waals surface area contributed by atoms with Crippen molar-refractivity contribution in [3.63, 3.8) is 0 Å². The number of benzene rings is 4. The molecule has 2 heteroatoms. The molecule has 0 atom stereocenters. The van der Waals surface area contributed by atoms with Crippen LogP contribution in [0.1, 0.15) is 22.4 Å². The zero-order valence-corrected chi connectivity index (χ0v) is 17.5. The van der Waals surface area contributed by atoms with Crippen LogP contribution in [0.5, 0.6) is 0 Å². The van der Waals surface area contributed by atoms with Gasteiger partial charge in [-0.05, 0) is 23.6 Å². The minimum Gasteiger partial charge on any atom is -0.316 e. The first-order chi connectivity index (χ1) is 15.3.